The van der Waals surface area contributed by atoms with Crippen LogP contribution in [0.4, 0.5) is 26.3 Å². The number of carbonyl (C=O) groups excluding carboxylic acids is 2. The molecule has 8 nitrogen and oxygen atoms in total. The minimum Gasteiger partial charge on any atom is -0.462 e. The van der Waals surface area contributed by atoms with Crippen LogP contribution in [-0.2, 0) is 24.4 Å². The summed E-state index contributed by atoms with van der Waals surface area (Å²) in [6.45, 7) is 13.9. The molecule has 222 valence electrons. The topological polar surface area (TPSA) is 130 Å². The first-order valence-electron chi connectivity index (χ1n) is 11.3. The summed E-state index contributed by atoms with van der Waals surface area (Å²) in [5.74, 6) is -1.64. The Labute approximate surface area is 214 Å². The number of ether oxygens (including phenoxy) is 1. The van der Waals surface area contributed by atoms with Crippen molar-refractivity contribution in [2.24, 2.45) is 10.8 Å². The Bertz CT molecular complexity index is 867. The quantitative estimate of drug-likeness (QED) is 0.194. The van der Waals surface area contributed by atoms with Crippen molar-refractivity contribution in [3.8, 4) is 0 Å². The van der Waals surface area contributed by atoms with Gasteiger partial charge in [0.1, 0.15) is 6.10 Å². The number of halogens is 6. The molecule has 0 rings (SSSR count). The smallest absolute Gasteiger partial charge is 0.426 e. The summed E-state index contributed by atoms with van der Waals surface area (Å²) in [4.78, 5) is 23.4. The normalized spacial score (nSPS) is 14.8. The number of esters is 1. The van der Waals surface area contributed by atoms with E-state index in [1.165, 1.54) is 13.8 Å². The van der Waals surface area contributed by atoms with Gasteiger partial charge in [-0.25, -0.2) is 0 Å². The lowest BCUT2D eigenvalue weighted by molar-refractivity contribution is -0.373. The van der Waals surface area contributed by atoms with E-state index in [1.807, 2.05) is 6.92 Å². The van der Waals surface area contributed by atoms with Crippen LogP contribution in [0.15, 0.2) is 0 Å². The van der Waals surface area contributed by atoms with Gasteiger partial charge in [-0.15, -0.1) is 0 Å². The summed E-state index contributed by atoms with van der Waals surface area (Å²) in [7, 11) is -4.09. The number of alkyl halides is 6. The second-order valence-corrected chi connectivity index (χ2v) is 12.3. The van der Waals surface area contributed by atoms with Crippen LogP contribution in [0.5, 0.6) is 0 Å². The molecule has 0 aromatic heterocycles. The fraction of sp³-hybridized carbons (Fsp3) is 0.909. The van der Waals surface area contributed by atoms with Crippen molar-refractivity contribution in [3.63, 3.8) is 0 Å². The van der Waals surface area contributed by atoms with E-state index < -0.39 is 68.7 Å². The van der Waals surface area contributed by atoms with E-state index in [2.05, 4.69) is 10.1 Å². The third kappa shape index (κ3) is 12.2. The van der Waals surface area contributed by atoms with E-state index in [4.69, 9.17) is 9.66 Å². The van der Waals surface area contributed by atoms with E-state index in [0.717, 1.165) is 6.92 Å². The van der Waals surface area contributed by atoms with Gasteiger partial charge in [0.25, 0.3) is 15.7 Å². The molecule has 1 amide bonds. The lowest BCUT2D eigenvalue weighted by atomic mass is 9.88. The first kappa shape index (κ1) is 37.5. The average molecular weight is 576 g/mol. The first-order valence-corrected chi connectivity index (χ1v) is 12.9. The molecule has 15 heteroatoms. The van der Waals surface area contributed by atoms with Crippen LogP contribution in [0.2, 0.25) is 0 Å². The minimum absolute atomic E-state index is 0.219. The number of nitrogens with one attached hydrogen (secondary N) is 1. The van der Waals surface area contributed by atoms with Gasteiger partial charge in [-0.2, -0.15) is 34.8 Å². The van der Waals surface area contributed by atoms with Gasteiger partial charge in [-0.05, 0) is 47.5 Å². The van der Waals surface area contributed by atoms with Gasteiger partial charge >= 0.3 is 18.3 Å². The van der Waals surface area contributed by atoms with E-state index in [9.17, 15) is 44.3 Å². The highest BCUT2D eigenvalue weighted by Crippen LogP contribution is 2.46. The molecule has 0 aromatic rings. The molecule has 3 N–H and O–H groups in total. The van der Waals surface area contributed by atoms with Gasteiger partial charge in [-0.3, -0.25) is 14.1 Å². The van der Waals surface area contributed by atoms with Crippen molar-refractivity contribution in [2.75, 3.05) is 5.75 Å². The molecule has 0 aliphatic heterocycles. The minimum atomic E-state index is -5.92. The molecule has 0 saturated heterocycles. The van der Waals surface area contributed by atoms with Crippen LogP contribution in [0.25, 0.3) is 0 Å². The molecule has 0 heterocycles. The monoisotopic (exact) mass is 575 g/mol. The summed E-state index contributed by atoms with van der Waals surface area (Å²) < 4.78 is 110. The van der Waals surface area contributed by atoms with Gasteiger partial charge in [-0.1, -0.05) is 27.7 Å². The zero-order valence-corrected chi connectivity index (χ0v) is 23.3. The summed E-state index contributed by atoms with van der Waals surface area (Å²) in [6, 6.07) is 0. The maximum absolute atomic E-state index is 12.5. The molecular weight excluding hydrogens is 536 g/mol. The largest absolute Gasteiger partial charge is 0.462 e. The van der Waals surface area contributed by atoms with Gasteiger partial charge in [0.2, 0.25) is 5.91 Å². The van der Waals surface area contributed by atoms with Crippen LogP contribution in [0.1, 0.15) is 81.6 Å². The molecule has 37 heavy (non-hydrogen) atoms. The van der Waals surface area contributed by atoms with Crippen molar-refractivity contribution in [1.82, 2.24) is 5.32 Å². The zero-order chi connectivity index (χ0) is 30.5. The molecule has 1 atom stereocenters. The summed E-state index contributed by atoms with van der Waals surface area (Å²) in [5, 5.41) is 11.6. The van der Waals surface area contributed by atoms with Gasteiger partial charge in [0, 0.05) is 11.8 Å². The first-order chi connectivity index (χ1) is 16.0. The predicted octanol–water partition coefficient (Wildman–Crippen LogP) is 4.81. The Morgan fingerprint density at radius 3 is 1.54 bits per heavy atom. The number of rotatable bonds is 10. The Morgan fingerprint density at radius 2 is 1.24 bits per heavy atom. The van der Waals surface area contributed by atoms with Crippen molar-refractivity contribution in [1.29, 1.82) is 0 Å². The molecule has 0 aliphatic carbocycles. The van der Waals surface area contributed by atoms with E-state index in [1.54, 1.807) is 34.6 Å². The van der Waals surface area contributed by atoms with Crippen LogP contribution in [0, 0.1) is 10.8 Å². The summed E-state index contributed by atoms with van der Waals surface area (Å²) >= 11 is 0. The lowest BCUT2D eigenvalue weighted by Gasteiger charge is -2.34. The van der Waals surface area contributed by atoms with Crippen molar-refractivity contribution in [2.45, 2.75) is 111 Å². The Balaban J connectivity index is 0. The number of aliphatic hydroxyl groups is 1. The molecule has 0 radical (unpaired) electrons. The molecule has 0 aliphatic rings. The number of hydrogen-bond donors (Lipinski definition) is 3. The maximum atomic E-state index is 12.5. The van der Waals surface area contributed by atoms with Crippen molar-refractivity contribution >= 4 is 22.0 Å². The van der Waals surface area contributed by atoms with Crippen LogP contribution < -0.4 is 5.32 Å². The number of amides is 1. The molecule has 0 spiro atoms. The number of carbonyl (C=O) groups is 2. The highest BCUT2D eigenvalue weighted by Gasteiger charge is 2.70. The van der Waals surface area contributed by atoms with E-state index in [-0.39, 0.29) is 5.91 Å². The molecule has 0 saturated carbocycles. The SMILES string of the molecule is CCC(C)(C)C(=O)NC(C)(C)CS(=O)(=O)O.CCC(C)(C)C(=O)OC(C)CC(O)(C(F)(F)F)C(F)(F)F. The van der Waals surface area contributed by atoms with Crippen molar-refractivity contribution in [3.05, 3.63) is 0 Å². The van der Waals surface area contributed by atoms with Crippen molar-refractivity contribution < 1.29 is 58.7 Å². The Morgan fingerprint density at radius 1 is 0.865 bits per heavy atom. The molecule has 0 fully saturated rings. The highest BCUT2D eigenvalue weighted by molar-refractivity contribution is 7.85. The second-order valence-electron chi connectivity index (χ2n) is 10.8. The summed E-state index contributed by atoms with van der Waals surface area (Å²) in [6.07, 6.45) is -14.5. The lowest BCUT2D eigenvalue weighted by Crippen LogP contribution is -2.58. The standard InChI is InChI=1S/C12H18F6O3.C10H21NO4S/c1-5-9(3,4)8(19)21-7(2)6-10(20,11(13,14)15)12(16,17)18;1-6-9(2,3)8(12)11-10(4,5)7-16(13,14)15/h7,20H,5-6H2,1-4H3;6-7H2,1-5H3,(H,11,12)(H,13,14,15). The van der Waals surface area contributed by atoms with Gasteiger partial charge < -0.3 is 15.2 Å². The second kappa shape index (κ2) is 12.5. The molecule has 1 unspecified atom stereocenters. The third-order valence-electron chi connectivity index (χ3n) is 5.76. The molecule has 0 aromatic carbocycles. The number of hydrogen-bond acceptors (Lipinski definition) is 6. The average Bonchev–Trinajstić information content (AvgIpc) is 2.63. The third-order valence-corrected chi connectivity index (χ3v) is 6.85. The fourth-order valence-corrected chi connectivity index (χ4v) is 3.45. The van der Waals surface area contributed by atoms with Gasteiger partial charge in [0.05, 0.1) is 16.7 Å². The van der Waals surface area contributed by atoms with E-state index >= 15 is 0 Å². The summed E-state index contributed by atoms with van der Waals surface area (Å²) in [5.41, 5.74) is -7.48. The van der Waals surface area contributed by atoms with Crippen LogP contribution in [-0.4, -0.2) is 65.3 Å². The zero-order valence-electron chi connectivity index (χ0n) is 22.5. The molecular formula is C22H39F6NO7S. The fourth-order valence-electron chi connectivity index (χ4n) is 2.47. The van der Waals surface area contributed by atoms with Crippen LogP contribution in [0.3, 0.4) is 0 Å². The Hall–Kier alpha value is -1.61. The van der Waals surface area contributed by atoms with E-state index in [0.29, 0.717) is 12.8 Å². The Kier molecular flexibility index (Phi) is 12.7. The van der Waals surface area contributed by atoms with Gasteiger partial charge in [0.15, 0.2) is 0 Å². The van der Waals surface area contributed by atoms with Crippen LogP contribution >= 0.6 is 0 Å². The molecule has 0 bridgehead atoms. The predicted molar refractivity (Wildman–Crippen MR) is 124 cm³/mol. The maximum Gasteiger partial charge on any atom is 0.426 e. The highest BCUT2D eigenvalue weighted by atomic mass is 32.2.